The molecule has 4 heteroatoms. The molecule has 4 nitrogen and oxygen atoms in total. The summed E-state index contributed by atoms with van der Waals surface area (Å²) in [5.41, 5.74) is 1.87. The number of hydrogen-bond acceptors (Lipinski definition) is 3. The van der Waals surface area contributed by atoms with Crippen molar-refractivity contribution in [2.45, 2.75) is 65.2 Å². The van der Waals surface area contributed by atoms with Crippen LogP contribution >= 0.6 is 0 Å². The van der Waals surface area contributed by atoms with Crippen LogP contribution in [0.3, 0.4) is 0 Å². The highest BCUT2D eigenvalue weighted by Gasteiger charge is 2.21. The first kappa shape index (κ1) is 20.5. The van der Waals surface area contributed by atoms with Gasteiger partial charge in [0, 0.05) is 50.3 Å². The van der Waals surface area contributed by atoms with Gasteiger partial charge in [0.1, 0.15) is 0 Å². The van der Waals surface area contributed by atoms with E-state index in [-0.39, 0.29) is 5.78 Å². The first-order chi connectivity index (χ1) is 12.7. The van der Waals surface area contributed by atoms with Gasteiger partial charge in [0.15, 0.2) is 5.78 Å². The van der Waals surface area contributed by atoms with Gasteiger partial charge in [-0.15, -0.1) is 0 Å². The largest absolute Gasteiger partial charge is 0.368 e. The molecule has 1 fully saturated rings. The Hall–Kier alpha value is -1.84. The van der Waals surface area contributed by atoms with Crippen LogP contribution in [0.25, 0.3) is 0 Å². The quantitative estimate of drug-likeness (QED) is 0.450. The minimum Gasteiger partial charge on any atom is -0.368 e. The third kappa shape index (κ3) is 6.15. The van der Waals surface area contributed by atoms with Crippen LogP contribution in [-0.2, 0) is 4.79 Å². The van der Waals surface area contributed by atoms with Crippen LogP contribution in [0, 0.1) is 0 Å². The molecule has 0 radical (unpaired) electrons. The van der Waals surface area contributed by atoms with Crippen molar-refractivity contribution in [3.8, 4) is 0 Å². The molecule has 1 aliphatic rings. The van der Waals surface area contributed by atoms with Gasteiger partial charge < -0.3 is 9.80 Å². The van der Waals surface area contributed by atoms with E-state index < -0.39 is 0 Å². The zero-order valence-corrected chi connectivity index (χ0v) is 16.5. The van der Waals surface area contributed by atoms with Gasteiger partial charge in [0.05, 0.1) is 0 Å². The van der Waals surface area contributed by atoms with E-state index in [1.165, 1.54) is 32.1 Å². The molecule has 0 bridgehead atoms. The highest BCUT2D eigenvalue weighted by molar-refractivity contribution is 5.96. The van der Waals surface area contributed by atoms with Crippen molar-refractivity contribution in [2.24, 2.45) is 0 Å². The smallest absolute Gasteiger partial charge is 0.222 e. The molecule has 1 aromatic rings. The standard InChI is InChI=1S/C22H34N2O2/c1-3-5-6-7-8-9-13-22(26)24-16-14-23(15-17-24)20-12-10-11-19(18-20)21(25)4-2/h10-12,18H,3-9,13-17H2,1-2H3. The molecule has 1 amide bonds. The second-order valence-electron chi connectivity index (χ2n) is 7.21. The second kappa shape index (κ2) is 11.0. The lowest BCUT2D eigenvalue weighted by Crippen LogP contribution is -2.48. The van der Waals surface area contributed by atoms with Gasteiger partial charge in [-0.3, -0.25) is 9.59 Å². The van der Waals surface area contributed by atoms with E-state index in [2.05, 4.69) is 17.9 Å². The second-order valence-corrected chi connectivity index (χ2v) is 7.21. The van der Waals surface area contributed by atoms with Crippen LogP contribution < -0.4 is 4.90 Å². The molecule has 1 aliphatic heterocycles. The zero-order valence-electron chi connectivity index (χ0n) is 16.5. The number of carbonyl (C=O) groups excluding carboxylic acids is 2. The molecular weight excluding hydrogens is 324 g/mol. The van der Waals surface area contributed by atoms with Crippen molar-refractivity contribution in [1.29, 1.82) is 0 Å². The Morgan fingerprint density at radius 3 is 2.31 bits per heavy atom. The highest BCUT2D eigenvalue weighted by Crippen LogP contribution is 2.19. The summed E-state index contributed by atoms with van der Waals surface area (Å²) in [4.78, 5) is 28.6. The maximum absolute atomic E-state index is 12.4. The molecule has 0 N–H and O–H groups in total. The van der Waals surface area contributed by atoms with E-state index in [0.717, 1.165) is 43.9 Å². The maximum atomic E-state index is 12.4. The van der Waals surface area contributed by atoms with Gasteiger partial charge in [-0.2, -0.15) is 0 Å². The van der Waals surface area contributed by atoms with Gasteiger partial charge in [-0.25, -0.2) is 0 Å². The van der Waals surface area contributed by atoms with Crippen LogP contribution in [-0.4, -0.2) is 42.8 Å². The summed E-state index contributed by atoms with van der Waals surface area (Å²) < 4.78 is 0. The summed E-state index contributed by atoms with van der Waals surface area (Å²) in [6, 6.07) is 7.88. The summed E-state index contributed by atoms with van der Waals surface area (Å²) in [6.07, 6.45) is 8.52. The number of Topliss-reactive ketones (excluding diaryl/α,β-unsaturated/α-hetero) is 1. The van der Waals surface area contributed by atoms with Gasteiger partial charge in [0.25, 0.3) is 0 Å². The molecule has 1 heterocycles. The number of hydrogen-bond donors (Lipinski definition) is 0. The molecule has 0 spiro atoms. The van der Waals surface area contributed by atoms with Gasteiger partial charge in [0.2, 0.25) is 5.91 Å². The van der Waals surface area contributed by atoms with E-state index in [4.69, 9.17) is 0 Å². The van der Waals surface area contributed by atoms with E-state index in [1.54, 1.807) is 0 Å². The fourth-order valence-electron chi connectivity index (χ4n) is 3.51. The number of carbonyl (C=O) groups is 2. The van der Waals surface area contributed by atoms with Gasteiger partial charge >= 0.3 is 0 Å². The maximum Gasteiger partial charge on any atom is 0.222 e. The van der Waals surface area contributed by atoms with Crippen LogP contribution in [0.5, 0.6) is 0 Å². The minimum absolute atomic E-state index is 0.180. The van der Waals surface area contributed by atoms with Gasteiger partial charge in [-0.1, -0.05) is 58.1 Å². The van der Waals surface area contributed by atoms with Crippen LogP contribution in [0.2, 0.25) is 0 Å². The van der Waals surface area contributed by atoms with E-state index >= 15 is 0 Å². The fourth-order valence-corrected chi connectivity index (χ4v) is 3.51. The molecule has 1 aromatic carbocycles. The SMILES string of the molecule is CCCCCCCCC(=O)N1CCN(c2cccc(C(=O)CC)c2)CC1. The molecule has 1 saturated heterocycles. The summed E-state index contributed by atoms with van der Waals surface area (Å²) >= 11 is 0. The fraction of sp³-hybridized carbons (Fsp3) is 0.636. The Kier molecular flexibility index (Phi) is 8.66. The van der Waals surface area contributed by atoms with Crippen LogP contribution in [0.1, 0.15) is 75.6 Å². The Labute approximate surface area is 158 Å². The third-order valence-corrected chi connectivity index (χ3v) is 5.23. The summed E-state index contributed by atoms with van der Waals surface area (Å²) in [5.74, 6) is 0.481. The van der Waals surface area contributed by atoms with Crippen LogP contribution in [0.4, 0.5) is 5.69 Å². The molecule has 0 unspecified atom stereocenters. The molecule has 144 valence electrons. The van der Waals surface area contributed by atoms with Crippen molar-refractivity contribution in [1.82, 2.24) is 4.90 Å². The van der Waals surface area contributed by atoms with E-state index in [1.807, 2.05) is 30.0 Å². The van der Waals surface area contributed by atoms with Crippen molar-refractivity contribution in [3.05, 3.63) is 29.8 Å². The first-order valence-corrected chi connectivity index (χ1v) is 10.3. The van der Waals surface area contributed by atoms with Crippen molar-refractivity contribution in [2.75, 3.05) is 31.1 Å². The number of unbranched alkanes of at least 4 members (excludes halogenated alkanes) is 5. The van der Waals surface area contributed by atoms with Crippen molar-refractivity contribution >= 4 is 17.4 Å². The summed E-state index contributed by atoms with van der Waals surface area (Å²) in [6.45, 7) is 7.35. The number of piperazine rings is 1. The molecule has 0 aliphatic carbocycles. The molecule has 2 rings (SSSR count). The Bertz CT molecular complexity index is 577. The van der Waals surface area contributed by atoms with Crippen molar-refractivity contribution < 1.29 is 9.59 Å². The average Bonchev–Trinajstić information content (AvgIpc) is 2.70. The van der Waals surface area contributed by atoms with Gasteiger partial charge in [-0.05, 0) is 18.6 Å². The Balaban J connectivity index is 1.74. The molecule has 26 heavy (non-hydrogen) atoms. The molecule has 0 atom stereocenters. The third-order valence-electron chi connectivity index (χ3n) is 5.23. The highest BCUT2D eigenvalue weighted by atomic mass is 16.2. The Morgan fingerprint density at radius 2 is 1.62 bits per heavy atom. The average molecular weight is 359 g/mol. The minimum atomic E-state index is 0.180. The topological polar surface area (TPSA) is 40.6 Å². The Morgan fingerprint density at radius 1 is 0.923 bits per heavy atom. The number of rotatable bonds is 10. The lowest BCUT2D eigenvalue weighted by Gasteiger charge is -2.36. The molecule has 0 saturated carbocycles. The molecule has 0 aromatic heterocycles. The lowest BCUT2D eigenvalue weighted by atomic mass is 10.1. The number of ketones is 1. The van der Waals surface area contributed by atoms with E-state index in [0.29, 0.717) is 18.7 Å². The lowest BCUT2D eigenvalue weighted by molar-refractivity contribution is -0.131. The number of amides is 1. The number of benzene rings is 1. The summed E-state index contributed by atoms with van der Waals surface area (Å²) in [5, 5.41) is 0. The number of anilines is 1. The summed E-state index contributed by atoms with van der Waals surface area (Å²) in [7, 11) is 0. The van der Waals surface area contributed by atoms with Crippen molar-refractivity contribution in [3.63, 3.8) is 0 Å². The predicted molar refractivity (Wildman–Crippen MR) is 108 cm³/mol. The zero-order chi connectivity index (χ0) is 18.8. The van der Waals surface area contributed by atoms with Crippen LogP contribution in [0.15, 0.2) is 24.3 Å². The van der Waals surface area contributed by atoms with E-state index in [9.17, 15) is 9.59 Å². The first-order valence-electron chi connectivity index (χ1n) is 10.3. The number of nitrogens with zero attached hydrogens (tertiary/aromatic N) is 2. The normalized spacial score (nSPS) is 14.5. The molecular formula is C22H34N2O2. The monoisotopic (exact) mass is 358 g/mol. The predicted octanol–water partition coefficient (Wildman–Crippen LogP) is 4.68.